The lowest BCUT2D eigenvalue weighted by Crippen LogP contribution is -2.01. The van der Waals surface area contributed by atoms with Gasteiger partial charge in [-0.05, 0) is 31.2 Å². The maximum atomic E-state index is 5.80. The number of para-hydroxylation sites is 2. The summed E-state index contributed by atoms with van der Waals surface area (Å²) < 4.78 is 11.6. The molecule has 0 amide bonds. The zero-order valence-corrected chi connectivity index (χ0v) is 14.7. The van der Waals surface area contributed by atoms with Gasteiger partial charge in [0.15, 0.2) is 5.82 Å². The number of aromatic nitrogens is 3. The number of benzene rings is 3. The predicted octanol–water partition coefficient (Wildman–Crippen LogP) is 5.43. The van der Waals surface area contributed by atoms with Gasteiger partial charge in [-0.1, -0.05) is 66.2 Å². The molecule has 0 aliphatic rings. The van der Waals surface area contributed by atoms with Crippen molar-refractivity contribution in [2.45, 2.75) is 6.92 Å². The van der Waals surface area contributed by atoms with Crippen molar-refractivity contribution in [2.24, 2.45) is 0 Å². The minimum absolute atomic E-state index is 0.178. The van der Waals surface area contributed by atoms with Crippen LogP contribution in [0.1, 0.15) is 5.56 Å². The average Bonchev–Trinajstić information content (AvgIpc) is 2.70. The monoisotopic (exact) mass is 355 g/mol. The second kappa shape index (κ2) is 7.66. The Morgan fingerprint density at radius 2 is 1.04 bits per heavy atom. The van der Waals surface area contributed by atoms with Gasteiger partial charge >= 0.3 is 12.0 Å². The van der Waals surface area contributed by atoms with Crippen molar-refractivity contribution >= 4 is 0 Å². The largest absolute Gasteiger partial charge is 0.424 e. The molecule has 3 aromatic carbocycles. The SMILES string of the molecule is Cc1ccc(-c2nc(Oc3ccccc3)nc(Oc3ccccc3)n2)cc1. The van der Waals surface area contributed by atoms with Gasteiger partial charge in [0.1, 0.15) is 11.5 Å². The van der Waals surface area contributed by atoms with Crippen LogP contribution in [0.2, 0.25) is 0 Å². The van der Waals surface area contributed by atoms with Gasteiger partial charge in [-0.25, -0.2) is 0 Å². The molecule has 0 radical (unpaired) electrons. The van der Waals surface area contributed by atoms with E-state index >= 15 is 0 Å². The topological polar surface area (TPSA) is 57.1 Å². The van der Waals surface area contributed by atoms with Gasteiger partial charge in [-0.15, -0.1) is 4.98 Å². The van der Waals surface area contributed by atoms with Crippen molar-refractivity contribution in [3.8, 4) is 34.9 Å². The molecule has 0 atom stereocenters. The first-order valence-corrected chi connectivity index (χ1v) is 8.55. The minimum Gasteiger partial charge on any atom is -0.424 e. The number of hydrogen-bond acceptors (Lipinski definition) is 5. The van der Waals surface area contributed by atoms with Crippen LogP contribution in [0.3, 0.4) is 0 Å². The third kappa shape index (κ3) is 4.27. The highest BCUT2D eigenvalue weighted by Crippen LogP contribution is 2.26. The first-order valence-electron chi connectivity index (χ1n) is 8.55. The van der Waals surface area contributed by atoms with E-state index in [9.17, 15) is 0 Å². The molecule has 0 spiro atoms. The fraction of sp³-hybridized carbons (Fsp3) is 0.0455. The second-order valence-corrected chi connectivity index (χ2v) is 5.92. The highest BCUT2D eigenvalue weighted by atomic mass is 16.5. The molecular formula is C22H17N3O2. The summed E-state index contributed by atoms with van der Waals surface area (Å²) in [6.07, 6.45) is 0. The first-order chi connectivity index (χ1) is 13.3. The normalized spacial score (nSPS) is 10.4. The van der Waals surface area contributed by atoms with Crippen molar-refractivity contribution in [1.82, 2.24) is 15.0 Å². The molecule has 0 fully saturated rings. The third-order valence-corrected chi connectivity index (χ3v) is 3.81. The van der Waals surface area contributed by atoms with E-state index in [0.717, 1.165) is 11.1 Å². The van der Waals surface area contributed by atoms with Crippen LogP contribution < -0.4 is 9.47 Å². The third-order valence-electron chi connectivity index (χ3n) is 3.81. The molecule has 4 rings (SSSR count). The summed E-state index contributed by atoms with van der Waals surface area (Å²) in [6, 6.07) is 27.0. The van der Waals surface area contributed by atoms with Gasteiger partial charge in [-0.3, -0.25) is 0 Å². The van der Waals surface area contributed by atoms with E-state index in [-0.39, 0.29) is 12.0 Å². The molecule has 1 aromatic heterocycles. The predicted molar refractivity (Wildman–Crippen MR) is 103 cm³/mol. The average molecular weight is 355 g/mol. The molecule has 0 aliphatic heterocycles. The Morgan fingerprint density at radius 1 is 0.556 bits per heavy atom. The second-order valence-electron chi connectivity index (χ2n) is 5.92. The summed E-state index contributed by atoms with van der Waals surface area (Å²) in [6.45, 7) is 2.03. The number of rotatable bonds is 5. The van der Waals surface area contributed by atoms with Crippen LogP contribution in [-0.4, -0.2) is 15.0 Å². The van der Waals surface area contributed by atoms with Crippen LogP contribution in [0.5, 0.6) is 23.5 Å². The Balaban J connectivity index is 1.72. The van der Waals surface area contributed by atoms with Crippen molar-refractivity contribution in [1.29, 1.82) is 0 Å². The molecule has 5 heteroatoms. The molecule has 1 heterocycles. The summed E-state index contributed by atoms with van der Waals surface area (Å²) in [5.74, 6) is 1.77. The van der Waals surface area contributed by atoms with E-state index < -0.39 is 0 Å². The molecule has 0 saturated heterocycles. The van der Waals surface area contributed by atoms with Crippen LogP contribution in [0.25, 0.3) is 11.4 Å². The van der Waals surface area contributed by atoms with E-state index in [2.05, 4.69) is 15.0 Å². The fourth-order valence-electron chi connectivity index (χ4n) is 2.45. The standard InChI is InChI=1S/C22H17N3O2/c1-16-12-14-17(15-13-16)20-23-21(26-18-8-4-2-5-9-18)25-22(24-20)27-19-10-6-3-7-11-19/h2-15H,1H3. The fourth-order valence-corrected chi connectivity index (χ4v) is 2.45. The van der Waals surface area contributed by atoms with Crippen molar-refractivity contribution in [2.75, 3.05) is 0 Å². The van der Waals surface area contributed by atoms with E-state index in [1.165, 1.54) is 0 Å². The van der Waals surface area contributed by atoms with Crippen molar-refractivity contribution in [3.63, 3.8) is 0 Å². The first kappa shape index (κ1) is 16.7. The van der Waals surface area contributed by atoms with Gasteiger partial charge in [0.25, 0.3) is 0 Å². The zero-order chi connectivity index (χ0) is 18.5. The Hall–Kier alpha value is -3.73. The van der Waals surface area contributed by atoms with Gasteiger partial charge < -0.3 is 9.47 Å². The molecule has 0 saturated carbocycles. The van der Waals surface area contributed by atoms with E-state index in [0.29, 0.717) is 17.3 Å². The Bertz CT molecular complexity index is 961. The summed E-state index contributed by atoms with van der Waals surface area (Å²) in [5.41, 5.74) is 2.02. The maximum absolute atomic E-state index is 5.80. The number of nitrogens with zero attached hydrogens (tertiary/aromatic N) is 3. The molecule has 4 aromatic rings. The van der Waals surface area contributed by atoms with Crippen molar-refractivity contribution < 1.29 is 9.47 Å². The Morgan fingerprint density at radius 3 is 1.52 bits per heavy atom. The molecule has 0 aliphatic carbocycles. The smallest absolute Gasteiger partial charge is 0.328 e. The molecule has 132 valence electrons. The Labute approximate surface area is 157 Å². The van der Waals surface area contributed by atoms with E-state index in [4.69, 9.17) is 9.47 Å². The van der Waals surface area contributed by atoms with E-state index in [1.807, 2.05) is 91.9 Å². The van der Waals surface area contributed by atoms with Gasteiger partial charge in [0, 0.05) is 5.56 Å². The van der Waals surface area contributed by atoms with Gasteiger partial charge in [0.2, 0.25) is 0 Å². The van der Waals surface area contributed by atoms with Crippen LogP contribution >= 0.6 is 0 Å². The lowest BCUT2D eigenvalue weighted by molar-refractivity contribution is 0.398. The highest BCUT2D eigenvalue weighted by Gasteiger charge is 2.12. The van der Waals surface area contributed by atoms with Crippen LogP contribution in [0.4, 0.5) is 0 Å². The summed E-state index contributed by atoms with van der Waals surface area (Å²) in [7, 11) is 0. The Kier molecular flexibility index (Phi) is 4.74. The van der Waals surface area contributed by atoms with Crippen LogP contribution in [0, 0.1) is 6.92 Å². The van der Waals surface area contributed by atoms with Gasteiger partial charge in [-0.2, -0.15) is 9.97 Å². The molecule has 5 nitrogen and oxygen atoms in total. The molecule has 0 unspecified atom stereocenters. The van der Waals surface area contributed by atoms with Crippen LogP contribution in [0.15, 0.2) is 84.9 Å². The lowest BCUT2D eigenvalue weighted by Gasteiger charge is -2.09. The van der Waals surface area contributed by atoms with Crippen molar-refractivity contribution in [3.05, 3.63) is 90.5 Å². The molecule has 27 heavy (non-hydrogen) atoms. The van der Waals surface area contributed by atoms with Crippen LogP contribution in [-0.2, 0) is 0 Å². The summed E-state index contributed by atoms with van der Waals surface area (Å²) in [4.78, 5) is 13.2. The quantitative estimate of drug-likeness (QED) is 0.478. The zero-order valence-electron chi connectivity index (χ0n) is 14.7. The maximum Gasteiger partial charge on any atom is 0.328 e. The number of hydrogen-bond donors (Lipinski definition) is 0. The molecule has 0 bridgehead atoms. The number of aryl methyl sites for hydroxylation is 1. The van der Waals surface area contributed by atoms with Gasteiger partial charge in [0.05, 0.1) is 0 Å². The molecular weight excluding hydrogens is 338 g/mol. The minimum atomic E-state index is 0.178. The summed E-state index contributed by atoms with van der Waals surface area (Å²) >= 11 is 0. The molecule has 0 N–H and O–H groups in total. The lowest BCUT2D eigenvalue weighted by atomic mass is 10.1. The highest BCUT2D eigenvalue weighted by molar-refractivity contribution is 5.56. The number of ether oxygens (including phenoxy) is 2. The summed E-state index contributed by atoms with van der Waals surface area (Å²) in [5, 5.41) is 0. The van der Waals surface area contributed by atoms with E-state index in [1.54, 1.807) is 0 Å².